The van der Waals surface area contributed by atoms with Gasteiger partial charge in [0.2, 0.25) is 0 Å². The van der Waals surface area contributed by atoms with Gasteiger partial charge in [-0.1, -0.05) is 35.9 Å². The quantitative estimate of drug-likeness (QED) is 0.593. The number of halogens is 1. The Hall–Kier alpha value is -2.61. The van der Waals surface area contributed by atoms with E-state index in [0.717, 1.165) is 52.2 Å². The van der Waals surface area contributed by atoms with Gasteiger partial charge in [-0.2, -0.15) is 0 Å². The van der Waals surface area contributed by atoms with Gasteiger partial charge in [0.05, 0.1) is 19.3 Å². The number of nitrogens with one attached hydrogen (secondary N) is 1. The van der Waals surface area contributed by atoms with Crippen LogP contribution in [0.15, 0.2) is 53.9 Å². The third kappa shape index (κ3) is 5.76. The monoisotopic (exact) mass is 456 g/mol. The Kier molecular flexibility index (Phi) is 7.06. The summed E-state index contributed by atoms with van der Waals surface area (Å²) in [6.07, 6.45) is 0. The molecule has 3 aromatic rings. The number of nitrogens with zero attached hydrogens (tertiary/aromatic N) is 3. The lowest BCUT2D eigenvalue weighted by Crippen LogP contribution is -2.51. The molecule has 1 aliphatic rings. The predicted molar refractivity (Wildman–Crippen MR) is 125 cm³/mol. The van der Waals surface area contributed by atoms with Crippen LogP contribution in [0.4, 0.5) is 4.79 Å². The molecule has 0 saturated carbocycles. The molecule has 2 heterocycles. The van der Waals surface area contributed by atoms with Crippen LogP contribution in [-0.2, 0) is 13.1 Å². The highest BCUT2D eigenvalue weighted by molar-refractivity contribution is 7.09. The zero-order valence-electron chi connectivity index (χ0n) is 17.4. The highest BCUT2D eigenvalue weighted by atomic mass is 35.5. The van der Waals surface area contributed by atoms with Crippen molar-refractivity contribution >= 4 is 29.0 Å². The maximum Gasteiger partial charge on any atom is 0.317 e. The first kappa shape index (κ1) is 21.6. The first-order valence-corrected chi connectivity index (χ1v) is 11.4. The molecule has 1 N–H and O–H groups in total. The molecule has 1 saturated heterocycles. The maximum absolute atomic E-state index is 12.5. The SMILES string of the molecule is COc1ccc(CNC(=O)N2CCN(Cc3nc(-c4ccc(Cl)cc4)cs3)CC2)cc1. The number of hydrogen-bond acceptors (Lipinski definition) is 5. The Morgan fingerprint density at radius 3 is 2.48 bits per heavy atom. The minimum absolute atomic E-state index is 0.0188. The molecule has 4 rings (SSSR count). The van der Waals surface area contributed by atoms with Gasteiger partial charge in [-0.05, 0) is 29.8 Å². The van der Waals surface area contributed by atoms with E-state index in [1.165, 1.54) is 0 Å². The van der Waals surface area contributed by atoms with Crippen molar-refractivity contribution in [3.05, 3.63) is 69.5 Å². The number of thiazole rings is 1. The molecule has 0 radical (unpaired) electrons. The van der Waals surface area contributed by atoms with Crippen LogP contribution in [0.5, 0.6) is 5.75 Å². The molecule has 0 unspecified atom stereocenters. The molecule has 2 amide bonds. The second kappa shape index (κ2) is 10.1. The summed E-state index contributed by atoms with van der Waals surface area (Å²) < 4.78 is 5.16. The van der Waals surface area contributed by atoms with Gasteiger partial charge in [0.15, 0.2) is 0 Å². The van der Waals surface area contributed by atoms with E-state index >= 15 is 0 Å². The van der Waals surface area contributed by atoms with Crippen molar-refractivity contribution in [1.29, 1.82) is 0 Å². The highest BCUT2D eigenvalue weighted by Gasteiger charge is 2.21. The fourth-order valence-electron chi connectivity index (χ4n) is 3.47. The summed E-state index contributed by atoms with van der Waals surface area (Å²) in [5, 5.41) is 6.90. The average Bonchev–Trinajstić information content (AvgIpc) is 3.27. The number of aromatic nitrogens is 1. The van der Waals surface area contributed by atoms with Crippen LogP contribution in [0.3, 0.4) is 0 Å². The molecule has 1 aromatic heterocycles. The highest BCUT2D eigenvalue weighted by Crippen LogP contribution is 2.24. The van der Waals surface area contributed by atoms with Crippen LogP contribution < -0.4 is 10.1 Å². The molecule has 0 spiro atoms. The number of ether oxygens (including phenoxy) is 1. The third-order valence-electron chi connectivity index (χ3n) is 5.31. The molecule has 31 heavy (non-hydrogen) atoms. The van der Waals surface area contributed by atoms with E-state index in [4.69, 9.17) is 21.3 Å². The first-order valence-electron chi connectivity index (χ1n) is 10.2. The standard InChI is InChI=1S/C23H25ClN4O2S/c1-30-20-8-2-17(3-9-20)14-25-23(29)28-12-10-27(11-13-28)15-22-26-21(16-31-22)18-4-6-19(24)7-5-18/h2-9,16H,10-15H2,1H3,(H,25,29). The van der Waals surface area contributed by atoms with Gasteiger partial charge < -0.3 is 15.0 Å². The van der Waals surface area contributed by atoms with Crippen LogP contribution in [-0.4, -0.2) is 54.1 Å². The number of carbonyl (C=O) groups is 1. The molecule has 2 aromatic carbocycles. The van der Waals surface area contributed by atoms with E-state index in [9.17, 15) is 4.79 Å². The van der Waals surface area contributed by atoms with Crippen LogP contribution in [0.2, 0.25) is 5.02 Å². The van der Waals surface area contributed by atoms with Gasteiger partial charge in [-0.25, -0.2) is 9.78 Å². The minimum Gasteiger partial charge on any atom is -0.497 e. The lowest BCUT2D eigenvalue weighted by Gasteiger charge is -2.34. The van der Waals surface area contributed by atoms with Crippen LogP contribution in [0.25, 0.3) is 11.3 Å². The van der Waals surface area contributed by atoms with Gasteiger partial charge >= 0.3 is 6.03 Å². The zero-order chi connectivity index (χ0) is 21.6. The lowest BCUT2D eigenvalue weighted by atomic mass is 10.2. The second-order valence-corrected chi connectivity index (χ2v) is 8.78. The average molecular weight is 457 g/mol. The van der Waals surface area contributed by atoms with E-state index in [1.54, 1.807) is 18.4 Å². The summed E-state index contributed by atoms with van der Waals surface area (Å²) in [4.78, 5) is 21.5. The van der Waals surface area contributed by atoms with Crippen molar-refractivity contribution in [2.24, 2.45) is 0 Å². The Labute approximate surface area is 191 Å². The lowest BCUT2D eigenvalue weighted by molar-refractivity contribution is 0.135. The van der Waals surface area contributed by atoms with Gasteiger partial charge in [-0.3, -0.25) is 4.90 Å². The number of piperazine rings is 1. The molecule has 6 nitrogen and oxygen atoms in total. The van der Waals surface area contributed by atoms with Crippen molar-refractivity contribution in [2.75, 3.05) is 33.3 Å². The van der Waals surface area contributed by atoms with Crippen LogP contribution >= 0.6 is 22.9 Å². The molecular weight excluding hydrogens is 432 g/mol. The van der Waals surface area contributed by atoms with E-state index in [2.05, 4.69) is 15.6 Å². The fraction of sp³-hybridized carbons (Fsp3) is 0.304. The van der Waals surface area contributed by atoms with Crippen LogP contribution in [0.1, 0.15) is 10.6 Å². The molecule has 8 heteroatoms. The molecule has 0 atom stereocenters. The summed E-state index contributed by atoms with van der Waals surface area (Å²) in [6, 6.07) is 15.5. The molecule has 0 aliphatic carbocycles. The Morgan fingerprint density at radius 1 is 1.10 bits per heavy atom. The predicted octanol–water partition coefficient (Wildman–Crippen LogP) is 4.50. The number of rotatable bonds is 6. The van der Waals surface area contributed by atoms with Gasteiger partial charge in [0.25, 0.3) is 0 Å². The van der Waals surface area contributed by atoms with Crippen molar-refractivity contribution in [2.45, 2.75) is 13.1 Å². The van der Waals surface area contributed by atoms with Gasteiger partial charge in [0.1, 0.15) is 10.8 Å². The molecule has 162 valence electrons. The smallest absolute Gasteiger partial charge is 0.317 e. The minimum atomic E-state index is -0.0188. The first-order chi connectivity index (χ1) is 15.1. The Balaban J connectivity index is 1.23. The van der Waals surface area contributed by atoms with E-state index in [1.807, 2.05) is 53.4 Å². The fourth-order valence-corrected chi connectivity index (χ4v) is 4.44. The zero-order valence-corrected chi connectivity index (χ0v) is 19.0. The van der Waals surface area contributed by atoms with Crippen molar-refractivity contribution < 1.29 is 9.53 Å². The largest absolute Gasteiger partial charge is 0.497 e. The molecule has 1 aliphatic heterocycles. The normalized spacial score (nSPS) is 14.5. The summed E-state index contributed by atoms with van der Waals surface area (Å²) >= 11 is 7.64. The Bertz CT molecular complexity index is 999. The Morgan fingerprint density at radius 2 is 1.81 bits per heavy atom. The summed E-state index contributed by atoms with van der Waals surface area (Å²) in [5.41, 5.74) is 3.10. The van der Waals surface area contributed by atoms with Gasteiger partial charge in [-0.15, -0.1) is 11.3 Å². The molecule has 1 fully saturated rings. The number of urea groups is 1. The topological polar surface area (TPSA) is 57.7 Å². The van der Waals surface area contributed by atoms with Crippen molar-refractivity contribution in [1.82, 2.24) is 20.1 Å². The number of hydrogen-bond donors (Lipinski definition) is 1. The van der Waals surface area contributed by atoms with Gasteiger partial charge in [0, 0.05) is 48.7 Å². The maximum atomic E-state index is 12.5. The van der Waals surface area contributed by atoms with E-state index in [-0.39, 0.29) is 6.03 Å². The molecule has 0 bridgehead atoms. The molecular formula is C23H25ClN4O2S. The summed E-state index contributed by atoms with van der Waals surface area (Å²) in [5.74, 6) is 0.812. The van der Waals surface area contributed by atoms with Crippen molar-refractivity contribution in [3.8, 4) is 17.0 Å². The second-order valence-electron chi connectivity index (χ2n) is 7.40. The number of methoxy groups -OCH3 is 1. The number of benzene rings is 2. The summed E-state index contributed by atoms with van der Waals surface area (Å²) in [6.45, 7) is 4.42. The van der Waals surface area contributed by atoms with E-state index < -0.39 is 0 Å². The van der Waals surface area contributed by atoms with E-state index in [0.29, 0.717) is 19.6 Å². The van der Waals surface area contributed by atoms with Crippen molar-refractivity contribution in [3.63, 3.8) is 0 Å². The third-order valence-corrected chi connectivity index (χ3v) is 6.40. The number of carbonyl (C=O) groups excluding carboxylic acids is 1. The van der Waals surface area contributed by atoms with Crippen LogP contribution in [0, 0.1) is 0 Å². The number of amides is 2. The summed E-state index contributed by atoms with van der Waals surface area (Å²) in [7, 11) is 1.64.